The zero-order valence-electron chi connectivity index (χ0n) is 18.4. The van der Waals surface area contributed by atoms with E-state index in [-0.39, 0.29) is 43.7 Å². The number of hydrogen-bond acceptors (Lipinski definition) is 6. The van der Waals surface area contributed by atoms with E-state index >= 15 is 4.39 Å². The first kappa shape index (κ1) is 22.3. The van der Waals surface area contributed by atoms with E-state index in [2.05, 4.69) is 0 Å². The van der Waals surface area contributed by atoms with Crippen LogP contribution in [0.3, 0.4) is 0 Å². The van der Waals surface area contributed by atoms with Crippen molar-refractivity contribution in [3.63, 3.8) is 0 Å². The van der Waals surface area contributed by atoms with E-state index in [1.165, 1.54) is 0 Å². The molecule has 3 fully saturated rings. The Balaban J connectivity index is 1.81. The zero-order valence-corrected chi connectivity index (χ0v) is 18.4. The predicted molar refractivity (Wildman–Crippen MR) is 109 cm³/mol. The van der Waals surface area contributed by atoms with E-state index in [9.17, 15) is 24.3 Å². The lowest BCUT2D eigenvalue weighted by Crippen LogP contribution is -2.70. The van der Waals surface area contributed by atoms with Crippen molar-refractivity contribution in [2.45, 2.75) is 89.5 Å². The summed E-state index contributed by atoms with van der Waals surface area (Å²) in [4.78, 5) is 48.6. The van der Waals surface area contributed by atoms with Gasteiger partial charge in [-0.05, 0) is 50.5 Å². The molecule has 0 aromatic rings. The summed E-state index contributed by atoms with van der Waals surface area (Å²) in [6.45, 7) is 5.17. The highest BCUT2D eigenvalue weighted by molar-refractivity contribution is 6.29. The Morgan fingerprint density at radius 1 is 1.23 bits per heavy atom. The molecule has 6 nitrogen and oxygen atoms in total. The van der Waals surface area contributed by atoms with Crippen LogP contribution in [0, 0.1) is 22.7 Å². The Morgan fingerprint density at radius 3 is 2.58 bits per heavy atom. The average Bonchev–Trinajstić information content (AvgIpc) is 3.01. The van der Waals surface area contributed by atoms with Gasteiger partial charge in [0.25, 0.3) is 0 Å². The number of halogens is 1. The molecule has 7 atom stereocenters. The maximum atomic E-state index is 17.1. The van der Waals surface area contributed by atoms with Gasteiger partial charge in [-0.1, -0.05) is 26.3 Å². The zero-order chi connectivity index (χ0) is 22.8. The van der Waals surface area contributed by atoms with Crippen molar-refractivity contribution in [2.75, 3.05) is 0 Å². The Labute approximate surface area is 181 Å². The van der Waals surface area contributed by atoms with Gasteiger partial charge >= 0.3 is 5.97 Å². The number of alkyl halides is 1. The summed E-state index contributed by atoms with van der Waals surface area (Å²) in [7, 11) is 0. The SMILES string of the molecule is CCC(=O)O[C@]1(C(=O)C=O)CC[C@H]2[C@@H]3CCC4=CC(=O)CC[C@]4(C)[C@@]3(F)C(O)C[C@@]21C. The molecule has 3 saturated carbocycles. The molecule has 170 valence electrons. The summed E-state index contributed by atoms with van der Waals surface area (Å²) in [5, 5.41) is 11.3. The Hall–Kier alpha value is -1.89. The molecule has 0 saturated heterocycles. The average molecular weight is 435 g/mol. The summed E-state index contributed by atoms with van der Waals surface area (Å²) < 4.78 is 22.7. The van der Waals surface area contributed by atoms with Gasteiger partial charge in [-0.2, -0.15) is 0 Å². The minimum absolute atomic E-state index is 0.00685. The minimum Gasteiger partial charge on any atom is -0.450 e. The number of hydrogen-bond donors (Lipinski definition) is 1. The third-order valence-electron chi connectivity index (χ3n) is 9.24. The molecule has 0 aliphatic heterocycles. The summed E-state index contributed by atoms with van der Waals surface area (Å²) in [6.07, 6.45) is 2.47. The first-order valence-electron chi connectivity index (χ1n) is 11.3. The first-order chi connectivity index (χ1) is 14.5. The highest BCUT2D eigenvalue weighted by Crippen LogP contribution is 2.70. The highest BCUT2D eigenvalue weighted by Gasteiger charge is 2.75. The Morgan fingerprint density at radius 2 is 1.94 bits per heavy atom. The van der Waals surface area contributed by atoms with Crippen LogP contribution in [0.25, 0.3) is 0 Å². The van der Waals surface area contributed by atoms with E-state index in [4.69, 9.17) is 4.74 Å². The lowest BCUT2D eigenvalue weighted by Gasteiger charge is -2.63. The van der Waals surface area contributed by atoms with E-state index in [1.54, 1.807) is 26.8 Å². The molecule has 31 heavy (non-hydrogen) atoms. The van der Waals surface area contributed by atoms with Crippen LogP contribution in [0.15, 0.2) is 11.6 Å². The molecular weight excluding hydrogens is 403 g/mol. The largest absolute Gasteiger partial charge is 0.450 e. The van der Waals surface area contributed by atoms with Gasteiger partial charge < -0.3 is 9.84 Å². The second-order valence-electron chi connectivity index (χ2n) is 10.3. The smallest absolute Gasteiger partial charge is 0.306 e. The fourth-order valence-corrected chi connectivity index (χ4v) is 7.54. The second kappa shape index (κ2) is 7.06. The molecule has 0 radical (unpaired) electrons. The topological polar surface area (TPSA) is 97.7 Å². The van der Waals surface area contributed by atoms with Gasteiger partial charge in [-0.15, -0.1) is 0 Å². The van der Waals surface area contributed by atoms with Crippen molar-refractivity contribution in [3.05, 3.63) is 11.6 Å². The number of rotatable bonds is 4. The van der Waals surface area contributed by atoms with Crippen molar-refractivity contribution >= 4 is 23.8 Å². The fraction of sp³-hybridized carbons (Fsp3) is 0.750. The summed E-state index contributed by atoms with van der Waals surface area (Å²) in [5.41, 5.74) is -4.86. The number of aliphatic hydroxyl groups is 1. The van der Waals surface area contributed by atoms with Crippen molar-refractivity contribution < 1.29 is 33.4 Å². The van der Waals surface area contributed by atoms with Crippen LogP contribution in [0.4, 0.5) is 4.39 Å². The number of aliphatic hydroxyl groups excluding tert-OH is 1. The maximum absolute atomic E-state index is 17.1. The van der Waals surface area contributed by atoms with Gasteiger partial charge in [0.1, 0.15) is 5.67 Å². The molecular formula is C24H31FO6. The van der Waals surface area contributed by atoms with Gasteiger partial charge in [0.05, 0.1) is 6.10 Å². The third kappa shape index (κ3) is 2.65. The van der Waals surface area contributed by atoms with E-state index in [0.29, 0.717) is 25.7 Å². The molecule has 1 N–H and O–H groups in total. The molecule has 0 aromatic heterocycles. The number of aldehydes is 1. The molecule has 4 rings (SSSR count). The number of ether oxygens (including phenoxy) is 1. The van der Waals surface area contributed by atoms with Gasteiger partial charge in [0.2, 0.25) is 5.78 Å². The van der Waals surface area contributed by atoms with Gasteiger partial charge in [0, 0.05) is 29.6 Å². The number of carbonyl (C=O) groups is 4. The van der Waals surface area contributed by atoms with Crippen LogP contribution in [-0.2, 0) is 23.9 Å². The maximum Gasteiger partial charge on any atom is 0.306 e. The Kier molecular flexibility index (Phi) is 5.08. The summed E-state index contributed by atoms with van der Waals surface area (Å²) >= 11 is 0. The molecule has 0 aromatic carbocycles. The summed E-state index contributed by atoms with van der Waals surface area (Å²) in [5.74, 6) is -2.30. The van der Waals surface area contributed by atoms with Crippen molar-refractivity contribution in [1.82, 2.24) is 0 Å². The van der Waals surface area contributed by atoms with Crippen molar-refractivity contribution in [3.8, 4) is 0 Å². The Bertz CT molecular complexity index is 881. The quantitative estimate of drug-likeness (QED) is 0.415. The predicted octanol–water partition coefficient (Wildman–Crippen LogP) is 3.04. The third-order valence-corrected chi connectivity index (χ3v) is 9.24. The van der Waals surface area contributed by atoms with Crippen LogP contribution in [-0.4, -0.2) is 46.3 Å². The van der Waals surface area contributed by atoms with Crippen LogP contribution >= 0.6 is 0 Å². The number of fused-ring (bicyclic) bond motifs is 5. The monoisotopic (exact) mass is 434 g/mol. The van der Waals surface area contributed by atoms with E-state index in [1.807, 2.05) is 0 Å². The van der Waals surface area contributed by atoms with E-state index < -0.39 is 45.9 Å². The molecule has 7 heteroatoms. The highest BCUT2D eigenvalue weighted by atomic mass is 19.1. The number of allylic oxidation sites excluding steroid dienone is 1. The number of carbonyl (C=O) groups excluding carboxylic acids is 4. The van der Waals surface area contributed by atoms with Crippen molar-refractivity contribution in [1.29, 1.82) is 0 Å². The molecule has 4 aliphatic rings. The fourth-order valence-electron chi connectivity index (χ4n) is 7.54. The molecule has 0 heterocycles. The van der Waals surface area contributed by atoms with Gasteiger partial charge in [-0.25, -0.2) is 4.39 Å². The summed E-state index contributed by atoms with van der Waals surface area (Å²) in [6, 6.07) is 0. The lowest BCUT2D eigenvalue weighted by molar-refractivity contribution is -0.231. The molecule has 0 spiro atoms. The molecule has 0 bridgehead atoms. The number of ketones is 2. The number of esters is 1. The molecule has 4 aliphatic carbocycles. The normalized spacial score (nSPS) is 46.3. The molecule has 0 amide bonds. The second-order valence-corrected chi connectivity index (χ2v) is 10.3. The van der Waals surface area contributed by atoms with Gasteiger partial charge in [-0.3, -0.25) is 19.2 Å². The van der Waals surface area contributed by atoms with Crippen molar-refractivity contribution in [2.24, 2.45) is 22.7 Å². The van der Waals surface area contributed by atoms with Gasteiger partial charge in [0.15, 0.2) is 17.7 Å². The minimum atomic E-state index is -1.95. The van der Waals surface area contributed by atoms with Crippen LogP contribution in [0.1, 0.15) is 72.1 Å². The number of Topliss-reactive ketones (excluding diaryl/α,β-unsaturated/α-hetero) is 1. The lowest BCUT2D eigenvalue weighted by atomic mass is 9.44. The standard InChI is InChI=1S/C24H31FO6/c1-4-20(30)31-23(19(29)13-26)10-8-16-17-6-5-14-11-15(27)7-9-21(14,2)24(17,25)18(28)12-22(16,23)3/h11,13,16-18,28H,4-10,12H2,1-3H3/t16-,17-,18?,21-,22-,23-,24-/m0/s1. The molecule has 1 unspecified atom stereocenters. The van der Waals surface area contributed by atoms with Crippen LogP contribution < -0.4 is 0 Å². The first-order valence-corrected chi connectivity index (χ1v) is 11.3. The van der Waals surface area contributed by atoms with Crippen LogP contribution in [0.2, 0.25) is 0 Å². The van der Waals surface area contributed by atoms with Crippen LogP contribution in [0.5, 0.6) is 0 Å². The van der Waals surface area contributed by atoms with E-state index in [0.717, 1.165) is 5.57 Å².